The molecule has 1 heterocycles. The molecule has 0 unspecified atom stereocenters. The Morgan fingerprint density at radius 3 is 2.56 bits per heavy atom. The number of carbonyl (C=O) groups is 1. The topological polar surface area (TPSA) is 76.8 Å². The second-order valence-corrected chi connectivity index (χ2v) is 8.43. The molecule has 0 saturated carbocycles. The van der Waals surface area contributed by atoms with Crippen molar-refractivity contribution in [2.75, 3.05) is 14.2 Å². The maximum Gasteiger partial charge on any atom is 0.416 e. The smallest absolute Gasteiger partial charge is 0.416 e. The predicted octanol–water partition coefficient (Wildman–Crippen LogP) is 5.44. The Balaban J connectivity index is 1.86. The van der Waals surface area contributed by atoms with Gasteiger partial charge in [-0.2, -0.15) is 13.2 Å². The number of carbonyl (C=O) groups excluding carboxylic acids is 1. The van der Waals surface area contributed by atoms with Gasteiger partial charge in [0.25, 0.3) is 5.91 Å². The van der Waals surface area contributed by atoms with Gasteiger partial charge in [-0.05, 0) is 31.0 Å². The Morgan fingerprint density at radius 2 is 1.89 bits per heavy atom. The number of alkyl halides is 3. The van der Waals surface area contributed by atoms with E-state index in [1.54, 1.807) is 25.3 Å². The van der Waals surface area contributed by atoms with E-state index in [0.717, 1.165) is 24.1 Å². The summed E-state index contributed by atoms with van der Waals surface area (Å²) in [5, 5.41) is 2.83. The van der Waals surface area contributed by atoms with E-state index < -0.39 is 11.7 Å². The SMILES string of the molecule is CC[C@@H](C)NC(=O)c1coc(CN(Cc2cccc(C(F)(F)F)c2)Cc2ccc(OC)cc2OC)n1. The quantitative estimate of drug-likeness (QED) is 0.374. The molecule has 0 fully saturated rings. The second-order valence-electron chi connectivity index (χ2n) is 8.43. The van der Waals surface area contributed by atoms with Crippen LogP contribution in [-0.2, 0) is 25.8 Å². The largest absolute Gasteiger partial charge is 0.497 e. The van der Waals surface area contributed by atoms with Crippen molar-refractivity contribution in [2.45, 2.75) is 52.1 Å². The van der Waals surface area contributed by atoms with Crippen LogP contribution in [0.25, 0.3) is 0 Å². The zero-order valence-corrected chi connectivity index (χ0v) is 20.7. The summed E-state index contributed by atoms with van der Waals surface area (Å²) in [6, 6.07) is 10.5. The molecular formula is C26H30F3N3O4. The first-order chi connectivity index (χ1) is 17.1. The van der Waals surface area contributed by atoms with Crippen molar-refractivity contribution in [3.8, 4) is 11.5 Å². The van der Waals surface area contributed by atoms with Crippen LogP contribution in [-0.4, -0.2) is 36.1 Å². The lowest BCUT2D eigenvalue weighted by molar-refractivity contribution is -0.137. The summed E-state index contributed by atoms with van der Waals surface area (Å²) >= 11 is 0. The summed E-state index contributed by atoms with van der Waals surface area (Å²) in [4.78, 5) is 18.5. The molecular weight excluding hydrogens is 475 g/mol. The molecule has 3 aromatic rings. The maximum atomic E-state index is 13.3. The van der Waals surface area contributed by atoms with Crippen LogP contribution < -0.4 is 14.8 Å². The molecule has 1 atom stereocenters. The van der Waals surface area contributed by atoms with E-state index in [9.17, 15) is 18.0 Å². The fraction of sp³-hybridized carbons (Fsp3) is 0.385. The van der Waals surface area contributed by atoms with Crippen molar-refractivity contribution in [1.82, 2.24) is 15.2 Å². The second kappa shape index (κ2) is 11.9. The molecule has 1 N–H and O–H groups in total. The zero-order chi connectivity index (χ0) is 26.3. The molecule has 3 rings (SSSR count). The minimum absolute atomic E-state index is 0.0161. The Labute approximate surface area is 208 Å². The highest BCUT2D eigenvalue weighted by atomic mass is 19.4. The Hall–Kier alpha value is -3.53. The van der Waals surface area contributed by atoms with Crippen LogP contribution in [0.15, 0.2) is 53.1 Å². The third-order valence-electron chi connectivity index (χ3n) is 5.68. The summed E-state index contributed by atoms with van der Waals surface area (Å²) in [6.45, 7) is 4.49. The Bertz CT molecular complexity index is 1160. The van der Waals surface area contributed by atoms with Gasteiger partial charge in [-0.1, -0.05) is 31.2 Å². The highest BCUT2D eigenvalue weighted by Crippen LogP contribution is 2.31. The molecule has 0 radical (unpaired) electrons. The average molecular weight is 506 g/mol. The Kier molecular flexibility index (Phi) is 8.98. The van der Waals surface area contributed by atoms with E-state index >= 15 is 0 Å². The molecule has 0 aliphatic carbocycles. The van der Waals surface area contributed by atoms with Gasteiger partial charge in [-0.3, -0.25) is 9.69 Å². The normalized spacial score (nSPS) is 12.4. The van der Waals surface area contributed by atoms with Gasteiger partial charge in [-0.25, -0.2) is 4.98 Å². The summed E-state index contributed by atoms with van der Waals surface area (Å²) in [5.41, 5.74) is 0.693. The van der Waals surface area contributed by atoms with E-state index in [-0.39, 0.29) is 36.6 Å². The summed E-state index contributed by atoms with van der Waals surface area (Å²) in [7, 11) is 3.08. The predicted molar refractivity (Wildman–Crippen MR) is 128 cm³/mol. The van der Waals surface area contributed by atoms with Crippen LogP contribution in [0.2, 0.25) is 0 Å². The lowest BCUT2D eigenvalue weighted by Gasteiger charge is -2.23. The molecule has 0 saturated heterocycles. The van der Waals surface area contributed by atoms with Gasteiger partial charge < -0.3 is 19.2 Å². The van der Waals surface area contributed by atoms with Crippen LogP contribution in [0.1, 0.15) is 53.3 Å². The Morgan fingerprint density at radius 1 is 1.11 bits per heavy atom. The molecule has 0 bridgehead atoms. The molecule has 0 aliphatic heterocycles. The summed E-state index contributed by atoms with van der Waals surface area (Å²) in [6.07, 6.45) is -2.39. The molecule has 0 aliphatic rings. The van der Waals surface area contributed by atoms with Gasteiger partial charge in [0, 0.05) is 30.8 Å². The van der Waals surface area contributed by atoms with Crippen molar-refractivity contribution < 1.29 is 31.9 Å². The standard InChI is InChI=1S/C26H30F3N3O4/c1-5-17(2)30-25(33)22-16-36-24(31-22)15-32(13-18-7-6-8-20(11-18)26(27,28)29)14-19-9-10-21(34-3)12-23(19)35-4/h6-12,16-17H,5,13-15H2,1-4H3,(H,30,33)/t17-/m1/s1. The third-order valence-corrected chi connectivity index (χ3v) is 5.68. The fourth-order valence-corrected chi connectivity index (χ4v) is 3.57. The number of oxazole rings is 1. The van der Waals surface area contributed by atoms with E-state index in [1.165, 1.54) is 19.4 Å². The summed E-state index contributed by atoms with van der Waals surface area (Å²) in [5.74, 6) is 1.11. The molecule has 10 heteroatoms. The summed E-state index contributed by atoms with van der Waals surface area (Å²) < 4.78 is 56.0. The van der Waals surface area contributed by atoms with Gasteiger partial charge in [0.1, 0.15) is 17.8 Å². The number of halogens is 3. The monoisotopic (exact) mass is 505 g/mol. The molecule has 0 spiro atoms. The highest BCUT2D eigenvalue weighted by molar-refractivity contribution is 5.92. The van der Waals surface area contributed by atoms with Crippen molar-refractivity contribution >= 4 is 5.91 Å². The first-order valence-electron chi connectivity index (χ1n) is 11.5. The van der Waals surface area contributed by atoms with Crippen LogP contribution in [0, 0.1) is 0 Å². The highest BCUT2D eigenvalue weighted by Gasteiger charge is 2.30. The van der Waals surface area contributed by atoms with Gasteiger partial charge in [0.2, 0.25) is 5.89 Å². The van der Waals surface area contributed by atoms with Crippen LogP contribution in [0.5, 0.6) is 11.5 Å². The first-order valence-corrected chi connectivity index (χ1v) is 11.5. The number of hydrogen-bond donors (Lipinski definition) is 1. The van der Waals surface area contributed by atoms with Gasteiger partial charge in [0.15, 0.2) is 5.69 Å². The molecule has 1 aromatic heterocycles. The van der Waals surface area contributed by atoms with Gasteiger partial charge in [-0.15, -0.1) is 0 Å². The molecule has 1 amide bonds. The van der Waals surface area contributed by atoms with E-state index in [0.29, 0.717) is 23.6 Å². The number of nitrogens with zero attached hydrogens (tertiary/aromatic N) is 2. The minimum Gasteiger partial charge on any atom is -0.497 e. The van der Waals surface area contributed by atoms with Crippen molar-refractivity contribution in [1.29, 1.82) is 0 Å². The number of ether oxygens (including phenoxy) is 2. The average Bonchev–Trinajstić information content (AvgIpc) is 3.32. The van der Waals surface area contributed by atoms with E-state index in [1.807, 2.05) is 24.8 Å². The van der Waals surface area contributed by atoms with Crippen molar-refractivity contribution in [2.24, 2.45) is 0 Å². The lowest BCUT2D eigenvalue weighted by atomic mass is 10.1. The number of methoxy groups -OCH3 is 2. The van der Waals surface area contributed by atoms with Crippen LogP contribution >= 0.6 is 0 Å². The minimum atomic E-state index is -4.44. The number of rotatable bonds is 11. The molecule has 36 heavy (non-hydrogen) atoms. The number of benzene rings is 2. The number of aromatic nitrogens is 1. The van der Waals surface area contributed by atoms with E-state index in [4.69, 9.17) is 13.9 Å². The fourth-order valence-electron chi connectivity index (χ4n) is 3.57. The van der Waals surface area contributed by atoms with Crippen molar-refractivity contribution in [3.05, 3.63) is 77.0 Å². The van der Waals surface area contributed by atoms with Gasteiger partial charge >= 0.3 is 6.18 Å². The third kappa shape index (κ3) is 7.24. The molecule has 7 nitrogen and oxygen atoms in total. The molecule has 194 valence electrons. The maximum absolute atomic E-state index is 13.3. The first kappa shape index (κ1) is 27.1. The van der Waals surface area contributed by atoms with E-state index in [2.05, 4.69) is 10.3 Å². The van der Waals surface area contributed by atoms with Crippen molar-refractivity contribution in [3.63, 3.8) is 0 Å². The molecule has 2 aromatic carbocycles. The lowest BCUT2D eigenvalue weighted by Crippen LogP contribution is -2.32. The number of hydrogen-bond acceptors (Lipinski definition) is 6. The van der Waals surface area contributed by atoms with Gasteiger partial charge in [0.05, 0.1) is 26.3 Å². The van der Waals surface area contributed by atoms with Crippen LogP contribution in [0.3, 0.4) is 0 Å². The number of amides is 1. The zero-order valence-electron chi connectivity index (χ0n) is 20.7. The van der Waals surface area contributed by atoms with Crippen LogP contribution in [0.4, 0.5) is 13.2 Å². The number of nitrogens with one attached hydrogen (secondary N) is 1.